The highest BCUT2D eigenvalue weighted by atomic mass is 16.3. The second-order valence-corrected chi connectivity index (χ2v) is 5.19. The molecule has 0 radical (unpaired) electrons. The summed E-state index contributed by atoms with van der Waals surface area (Å²) in [4.78, 5) is 24.2. The number of nitrogens with one attached hydrogen (secondary N) is 2. The summed E-state index contributed by atoms with van der Waals surface area (Å²) in [5.74, 6) is -0.295. The molecule has 0 saturated heterocycles. The molecular weight excluding hydrogens is 256 g/mol. The number of rotatable bonds is 7. The van der Waals surface area contributed by atoms with Crippen LogP contribution in [-0.2, 0) is 4.79 Å². The van der Waals surface area contributed by atoms with Gasteiger partial charge in [-0.2, -0.15) is 0 Å². The van der Waals surface area contributed by atoms with Gasteiger partial charge in [0.15, 0.2) is 5.76 Å². The molecule has 0 spiro atoms. The highest BCUT2D eigenvalue weighted by Gasteiger charge is 2.26. The number of hydrogen-bond acceptors (Lipinski definition) is 3. The Kier molecular flexibility index (Phi) is 6.28. The van der Waals surface area contributed by atoms with Crippen LogP contribution < -0.4 is 10.6 Å². The first-order valence-electron chi connectivity index (χ1n) is 7.14. The highest BCUT2D eigenvalue weighted by molar-refractivity contribution is 5.95. The highest BCUT2D eigenvalue weighted by Crippen LogP contribution is 2.07. The van der Waals surface area contributed by atoms with Gasteiger partial charge in [-0.15, -0.1) is 0 Å². The molecule has 1 unspecified atom stereocenters. The average molecular weight is 280 g/mol. The van der Waals surface area contributed by atoms with Crippen molar-refractivity contribution >= 4 is 11.8 Å². The monoisotopic (exact) mass is 280 g/mol. The Morgan fingerprint density at radius 3 is 2.30 bits per heavy atom. The van der Waals surface area contributed by atoms with Crippen molar-refractivity contribution in [2.24, 2.45) is 5.92 Å². The van der Waals surface area contributed by atoms with Gasteiger partial charge in [-0.1, -0.05) is 27.7 Å². The van der Waals surface area contributed by atoms with Gasteiger partial charge >= 0.3 is 0 Å². The molecule has 0 aliphatic rings. The summed E-state index contributed by atoms with van der Waals surface area (Å²) in [6, 6.07) is 2.80. The molecule has 0 bridgehead atoms. The molecule has 0 saturated carbocycles. The first kappa shape index (κ1) is 16.3. The van der Waals surface area contributed by atoms with E-state index in [1.54, 1.807) is 12.1 Å². The maximum atomic E-state index is 12.3. The van der Waals surface area contributed by atoms with E-state index < -0.39 is 6.04 Å². The Morgan fingerprint density at radius 1 is 1.20 bits per heavy atom. The zero-order chi connectivity index (χ0) is 15.1. The average Bonchev–Trinajstić information content (AvgIpc) is 2.95. The lowest BCUT2D eigenvalue weighted by Crippen LogP contribution is -2.51. The van der Waals surface area contributed by atoms with Gasteiger partial charge in [0, 0.05) is 6.04 Å². The quantitative estimate of drug-likeness (QED) is 0.805. The van der Waals surface area contributed by atoms with Gasteiger partial charge in [-0.05, 0) is 30.9 Å². The molecule has 0 aliphatic heterocycles. The topological polar surface area (TPSA) is 71.3 Å². The number of carbonyl (C=O) groups is 2. The molecule has 20 heavy (non-hydrogen) atoms. The van der Waals surface area contributed by atoms with Crippen LogP contribution >= 0.6 is 0 Å². The maximum Gasteiger partial charge on any atom is 0.287 e. The molecule has 5 heteroatoms. The second-order valence-electron chi connectivity index (χ2n) is 5.19. The SMILES string of the molecule is CCC(CC)NC(=O)C(NC(=O)c1ccco1)C(C)C. The van der Waals surface area contributed by atoms with Crippen molar-refractivity contribution in [3.63, 3.8) is 0 Å². The summed E-state index contributed by atoms with van der Waals surface area (Å²) in [5, 5.41) is 5.69. The number of furan rings is 1. The maximum absolute atomic E-state index is 12.3. The molecule has 0 aromatic carbocycles. The lowest BCUT2D eigenvalue weighted by molar-refractivity contribution is -0.124. The van der Waals surface area contributed by atoms with E-state index in [0.29, 0.717) is 0 Å². The minimum Gasteiger partial charge on any atom is -0.459 e. The van der Waals surface area contributed by atoms with Gasteiger partial charge in [0.25, 0.3) is 5.91 Å². The smallest absolute Gasteiger partial charge is 0.287 e. The molecule has 2 amide bonds. The van der Waals surface area contributed by atoms with E-state index in [-0.39, 0.29) is 29.5 Å². The minimum absolute atomic E-state index is 0.00303. The summed E-state index contributed by atoms with van der Waals surface area (Å²) >= 11 is 0. The van der Waals surface area contributed by atoms with E-state index in [2.05, 4.69) is 10.6 Å². The van der Waals surface area contributed by atoms with Gasteiger partial charge in [0.05, 0.1) is 6.26 Å². The van der Waals surface area contributed by atoms with Crippen molar-refractivity contribution in [2.75, 3.05) is 0 Å². The van der Waals surface area contributed by atoms with Crippen LogP contribution in [0, 0.1) is 5.92 Å². The fourth-order valence-corrected chi connectivity index (χ4v) is 1.94. The van der Waals surface area contributed by atoms with E-state index >= 15 is 0 Å². The van der Waals surface area contributed by atoms with Crippen LogP contribution in [0.1, 0.15) is 51.1 Å². The molecule has 112 valence electrons. The van der Waals surface area contributed by atoms with Crippen molar-refractivity contribution in [2.45, 2.75) is 52.6 Å². The van der Waals surface area contributed by atoms with Gasteiger partial charge in [-0.25, -0.2) is 0 Å². The lowest BCUT2D eigenvalue weighted by Gasteiger charge is -2.24. The van der Waals surface area contributed by atoms with Crippen molar-refractivity contribution in [1.29, 1.82) is 0 Å². The predicted octanol–water partition coefficient (Wildman–Crippen LogP) is 2.34. The first-order chi connectivity index (χ1) is 9.49. The van der Waals surface area contributed by atoms with E-state index in [4.69, 9.17) is 4.42 Å². The van der Waals surface area contributed by atoms with Crippen molar-refractivity contribution in [1.82, 2.24) is 10.6 Å². The molecule has 1 rings (SSSR count). The van der Waals surface area contributed by atoms with E-state index in [1.807, 2.05) is 27.7 Å². The standard InChI is InChI=1S/C15H24N2O3/c1-5-11(6-2)16-15(19)13(10(3)4)17-14(18)12-8-7-9-20-12/h7-11,13H,5-6H2,1-4H3,(H,16,19)(H,17,18). The molecular formula is C15H24N2O3. The third-order valence-corrected chi connectivity index (χ3v) is 3.31. The molecule has 0 aliphatic carbocycles. The third kappa shape index (κ3) is 4.40. The van der Waals surface area contributed by atoms with Crippen molar-refractivity contribution in [3.8, 4) is 0 Å². The normalized spacial score (nSPS) is 12.5. The fraction of sp³-hybridized carbons (Fsp3) is 0.600. The summed E-state index contributed by atoms with van der Waals surface area (Å²) < 4.78 is 5.04. The van der Waals surface area contributed by atoms with E-state index in [0.717, 1.165) is 12.8 Å². The Balaban J connectivity index is 2.69. The predicted molar refractivity (Wildman–Crippen MR) is 77.3 cm³/mol. The van der Waals surface area contributed by atoms with Gasteiger partial charge in [-0.3, -0.25) is 9.59 Å². The van der Waals surface area contributed by atoms with Crippen LogP contribution in [0.5, 0.6) is 0 Å². The molecule has 5 nitrogen and oxygen atoms in total. The minimum atomic E-state index is -0.562. The van der Waals surface area contributed by atoms with E-state index in [1.165, 1.54) is 6.26 Å². The molecule has 1 aromatic rings. The summed E-state index contributed by atoms with van der Waals surface area (Å²) in [6.45, 7) is 7.86. The van der Waals surface area contributed by atoms with Gasteiger partial charge in [0.1, 0.15) is 6.04 Å². The zero-order valence-electron chi connectivity index (χ0n) is 12.6. The van der Waals surface area contributed by atoms with Crippen molar-refractivity contribution < 1.29 is 14.0 Å². The fourth-order valence-electron chi connectivity index (χ4n) is 1.94. The molecule has 1 aromatic heterocycles. The Labute approximate surface area is 120 Å². The zero-order valence-corrected chi connectivity index (χ0v) is 12.6. The van der Waals surface area contributed by atoms with Gasteiger partial charge < -0.3 is 15.1 Å². The van der Waals surface area contributed by atoms with Crippen LogP contribution in [0.3, 0.4) is 0 Å². The Morgan fingerprint density at radius 2 is 1.85 bits per heavy atom. The van der Waals surface area contributed by atoms with Crippen LogP contribution in [0.2, 0.25) is 0 Å². The second kappa shape index (κ2) is 7.72. The number of hydrogen-bond donors (Lipinski definition) is 2. The third-order valence-electron chi connectivity index (χ3n) is 3.31. The molecule has 1 atom stereocenters. The Bertz CT molecular complexity index is 422. The number of carbonyl (C=O) groups excluding carboxylic acids is 2. The number of amides is 2. The summed E-state index contributed by atoms with van der Waals surface area (Å²) in [6.07, 6.45) is 3.18. The lowest BCUT2D eigenvalue weighted by atomic mass is 10.0. The van der Waals surface area contributed by atoms with Crippen LogP contribution in [0.25, 0.3) is 0 Å². The molecule has 1 heterocycles. The van der Waals surface area contributed by atoms with Gasteiger partial charge in [0.2, 0.25) is 5.91 Å². The van der Waals surface area contributed by atoms with Crippen LogP contribution in [-0.4, -0.2) is 23.9 Å². The summed E-state index contributed by atoms with van der Waals surface area (Å²) in [5.41, 5.74) is 0. The van der Waals surface area contributed by atoms with Crippen molar-refractivity contribution in [3.05, 3.63) is 24.2 Å². The Hall–Kier alpha value is -1.78. The first-order valence-corrected chi connectivity index (χ1v) is 7.14. The van der Waals surface area contributed by atoms with Crippen LogP contribution in [0.4, 0.5) is 0 Å². The molecule has 2 N–H and O–H groups in total. The largest absolute Gasteiger partial charge is 0.459 e. The van der Waals surface area contributed by atoms with E-state index in [9.17, 15) is 9.59 Å². The molecule has 0 fully saturated rings. The summed E-state index contributed by atoms with van der Waals surface area (Å²) in [7, 11) is 0. The van der Waals surface area contributed by atoms with Crippen LogP contribution in [0.15, 0.2) is 22.8 Å².